The average Bonchev–Trinajstić information content (AvgIpc) is 2.67. The lowest BCUT2D eigenvalue weighted by Crippen LogP contribution is -2.50. The van der Waals surface area contributed by atoms with Crippen molar-refractivity contribution < 1.29 is 19.4 Å². The molecule has 1 N–H and O–H groups in total. The van der Waals surface area contributed by atoms with Crippen LogP contribution in [0.2, 0.25) is 0 Å². The number of hydrogen-bond acceptors (Lipinski definition) is 6. The molecule has 1 amide bonds. The lowest BCUT2D eigenvalue weighted by molar-refractivity contribution is -0.107. The first-order valence-electron chi connectivity index (χ1n) is 10.3. The van der Waals surface area contributed by atoms with Gasteiger partial charge in [-0.15, -0.1) is 0 Å². The molecule has 29 heavy (non-hydrogen) atoms. The molecule has 1 fully saturated rings. The minimum atomic E-state index is -0.727. The van der Waals surface area contributed by atoms with Crippen molar-refractivity contribution in [2.24, 2.45) is 0 Å². The summed E-state index contributed by atoms with van der Waals surface area (Å²) in [5.74, 6) is 0. The Labute approximate surface area is 174 Å². The molecule has 7 heteroatoms. The van der Waals surface area contributed by atoms with Crippen molar-refractivity contribution in [1.29, 1.82) is 0 Å². The summed E-state index contributed by atoms with van der Waals surface area (Å²) in [4.78, 5) is 29.0. The molecule has 2 rings (SSSR count). The Kier molecular flexibility index (Phi) is 8.61. The molecule has 0 saturated carbocycles. The normalized spacial score (nSPS) is 16.7. The molecule has 1 atom stereocenters. The third-order valence-electron chi connectivity index (χ3n) is 5.06. The van der Waals surface area contributed by atoms with Gasteiger partial charge in [-0.1, -0.05) is 24.3 Å². The van der Waals surface area contributed by atoms with Crippen LogP contribution in [0, 0.1) is 0 Å². The predicted molar refractivity (Wildman–Crippen MR) is 113 cm³/mol. The second-order valence-corrected chi connectivity index (χ2v) is 8.59. The van der Waals surface area contributed by atoms with Crippen LogP contribution in [0.5, 0.6) is 0 Å². The molecule has 1 aromatic carbocycles. The Morgan fingerprint density at radius 1 is 1.24 bits per heavy atom. The van der Waals surface area contributed by atoms with Crippen LogP contribution in [0.3, 0.4) is 0 Å². The molecule has 7 nitrogen and oxygen atoms in total. The van der Waals surface area contributed by atoms with E-state index >= 15 is 0 Å². The van der Waals surface area contributed by atoms with Crippen LogP contribution in [0.15, 0.2) is 24.3 Å². The van der Waals surface area contributed by atoms with Crippen LogP contribution in [0.25, 0.3) is 0 Å². The van der Waals surface area contributed by atoms with E-state index in [-0.39, 0.29) is 6.09 Å². The highest BCUT2D eigenvalue weighted by molar-refractivity contribution is 5.68. The van der Waals surface area contributed by atoms with E-state index in [9.17, 15) is 14.7 Å². The van der Waals surface area contributed by atoms with Crippen LogP contribution >= 0.6 is 0 Å². The number of aliphatic hydroxyl groups excluding tert-OH is 1. The van der Waals surface area contributed by atoms with Gasteiger partial charge < -0.3 is 19.5 Å². The van der Waals surface area contributed by atoms with E-state index in [1.54, 1.807) is 4.90 Å². The fourth-order valence-corrected chi connectivity index (χ4v) is 3.45. The number of rotatable bonds is 8. The number of aldehydes is 1. The van der Waals surface area contributed by atoms with E-state index in [1.165, 1.54) is 0 Å². The maximum atomic E-state index is 12.1. The average molecular weight is 406 g/mol. The van der Waals surface area contributed by atoms with Crippen molar-refractivity contribution in [1.82, 2.24) is 14.7 Å². The summed E-state index contributed by atoms with van der Waals surface area (Å²) in [6, 6.07) is 7.51. The van der Waals surface area contributed by atoms with E-state index in [4.69, 9.17) is 4.74 Å². The summed E-state index contributed by atoms with van der Waals surface area (Å²) in [6.07, 6.45) is 1.12. The first-order chi connectivity index (χ1) is 13.7. The topological polar surface area (TPSA) is 73.3 Å². The highest BCUT2D eigenvalue weighted by Gasteiger charge is 2.25. The van der Waals surface area contributed by atoms with E-state index in [1.807, 2.05) is 57.0 Å². The molecular weight excluding hydrogens is 370 g/mol. The van der Waals surface area contributed by atoms with Crippen molar-refractivity contribution in [2.75, 3.05) is 46.3 Å². The molecule has 162 valence electrons. The zero-order valence-electron chi connectivity index (χ0n) is 18.1. The number of benzene rings is 1. The fraction of sp³-hybridized carbons (Fsp3) is 0.636. The molecule has 0 spiro atoms. The van der Waals surface area contributed by atoms with Crippen molar-refractivity contribution in [3.8, 4) is 0 Å². The number of hydrogen-bond donors (Lipinski definition) is 1. The van der Waals surface area contributed by atoms with Gasteiger partial charge in [-0.3, -0.25) is 9.80 Å². The van der Waals surface area contributed by atoms with Gasteiger partial charge in [-0.25, -0.2) is 4.79 Å². The monoisotopic (exact) mass is 405 g/mol. The Balaban J connectivity index is 1.74. The van der Waals surface area contributed by atoms with E-state index in [0.717, 1.165) is 50.0 Å². The molecular formula is C22H35N3O4. The van der Waals surface area contributed by atoms with Gasteiger partial charge in [0, 0.05) is 39.1 Å². The smallest absolute Gasteiger partial charge is 0.410 e. The second-order valence-electron chi connectivity index (χ2n) is 8.59. The Hall–Kier alpha value is -1.96. The van der Waals surface area contributed by atoms with Crippen molar-refractivity contribution in [3.05, 3.63) is 35.4 Å². The summed E-state index contributed by atoms with van der Waals surface area (Å²) < 4.78 is 5.43. The van der Waals surface area contributed by atoms with Crippen molar-refractivity contribution in [2.45, 2.75) is 45.4 Å². The summed E-state index contributed by atoms with van der Waals surface area (Å²) in [5.41, 5.74) is 1.18. The Bertz CT molecular complexity index is 666. The molecule has 0 bridgehead atoms. The minimum absolute atomic E-state index is 0.242. The maximum absolute atomic E-state index is 12.1. The number of ether oxygens (including phenoxy) is 1. The first-order valence-corrected chi connectivity index (χ1v) is 10.3. The van der Waals surface area contributed by atoms with Gasteiger partial charge in [-0.05, 0) is 51.9 Å². The van der Waals surface area contributed by atoms with Gasteiger partial charge in [0.2, 0.25) is 0 Å². The first kappa shape index (κ1) is 23.3. The molecule has 0 radical (unpaired) electrons. The van der Waals surface area contributed by atoms with Crippen molar-refractivity contribution >= 4 is 12.4 Å². The minimum Gasteiger partial charge on any atom is -0.444 e. The fourth-order valence-electron chi connectivity index (χ4n) is 3.45. The Morgan fingerprint density at radius 3 is 2.52 bits per heavy atom. The molecule has 0 aromatic heterocycles. The number of carbonyl (C=O) groups is 2. The lowest BCUT2D eigenvalue weighted by atomic mass is 10.0. The molecule has 1 unspecified atom stereocenters. The van der Waals surface area contributed by atoms with E-state index < -0.39 is 11.8 Å². The van der Waals surface area contributed by atoms with Gasteiger partial charge in [0.15, 0.2) is 0 Å². The van der Waals surface area contributed by atoms with Gasteiger partial charge in [0.05, 0.1) is 0 Å². The van der Waals surface area contributed by atoms with E-state index in [0.29, 0.717) is 19.5 Å². The number of piperazine rings is 1. The van der Waals surface area contributed by atoms with Crippen LogP contribution in [0.4, 0.5) is 4.79 Å². The summed E-state index contributed by atoms with van der Waals surface area (Å²) in [7, 11) is 1.89. The molecule has 1 heterocycles. The van der Waals surface area contributed by atoms with Crippen molar-refractivity contribution in [3.63, 3.8) is 0 Å². The van der Waals surface area contributed by atoms with E-state index in [2.05, 4.69) is 4.90 Å². The molecule has 1 saturated heterocycles. The van der Waals surface area contributed by atoms with Gasteiger partial charge >= 0.3 is 6.09 Å². The highest BCUT2D eigenvalue weighted by Crippen LogP contribution is 2.21. The third-order valence-corrected chi connectivity index (χ3v) is 5.06. The predicted octanol–water partition coefficient (Wildman–Crippen LogP) is 2.29. The zero-order valence-corrected chi connectivity index (χ0v) is 18.1. The maximum Gasteiger partial charge on any atom is 0.410 e. The molecule has 1 aromatic rings. The number of amides is 1. The quantitative estimate of drug-likeness (QED) is 0.528. The number of nitrogens with zero attached hydrogens (tertiary/aromatic N) is 3. The van der Waals surface area contributed by atoms with Gasteiger partial charge in [0.25, 0.3) is 0 Å². The number of aliphatic hydroxyl groups is 1. The second kappa shape index (κ2) is 10.7. The zero-order chi connectivity index (χ0) is 21.4. The van der Waals surface area contributed by atoms with Gasteiger partial charge in [0.1, 0.15) is 18.1 Å². The SMILES string of the molecule is CN(CCCN1CCN(C(=O)OC(C)(C)C)CC1)C(O)c1ccccc1CC=O. The molecule has 0 aliphatic carbocycles. The van der Waals surface area contributed by atoms with Crippen LogP contribution < -0.4 is 0 Å². The molecule has 1 aliphatic heterocycles. The third kappa shape index (κ3) is 7.42. The summed E-state index contributed by atoms with van der Waals surface area (Å²) >= 11 is 0. The Morgan fingerprint density at radius 2 is 1.90 bits per heavy atom. The molecule has 1 aliphatic rings. The van der Waals surface area contributed by atoms with Crippen LogP contribution in [-0.4, -0.2) is 84.1 Å². The van der Waals surface area contributed by atoms with Crippen LogP contribution in [0.1, 0.15) is 44.5 Å². The summed E-state index contributed by atoms with van der Waals surface area (Å²) in [6.45, 7) is 10.3. The van der Waals surface area contributed by atoms with Crippen LogP contribution in [-0.2, 0) is 16.0 Å². The summed E-state index contributed by atoms with van der Waals surface area (Å²) in [5, 5.41) is 10.7. The van der Waals surface area contributed by atoms with Gasteiger partial charge in [-0.2, -0.15) is 0 Å². The largest absolute Gasteiger partial charge is 0.444 e. The standard InChI is InChI=1S/C22H35N3O4/c1-22(2,3)29-21(28)25-15-13-24(14-16-25)12-7-11-23(4)20(27)19-9-6-5-8-18(19)10-17-26/h5-6,8-9,17,20,27H,7,10-16H2,1-4H3. The lowest BCUT2D eigenvalue weighted by Gasteiger charge is -2.36. The number of carbonyl (C=O) groups excluding carboxylic acids is 2. The highest BCUT2D eigenvalue weighted by atomic mass is 16.6.